The van der Waals surface area contributed by atoms with Gasteiger partial charge in [-0.15, -0.1) is 5.10 Å². The zero-order chi connectivity index (χ0) is 14.8. The molecule has 6 heteroatoms. The Hall–Kier alpha value is -1.01. The van der Waals surface area contributed by atoms with Crippen LogP contribution in [0.3, 0.4) is 0 Å². The molecule has 5 nitrogen and oxygen atoms in total. The van der Waals surface area contributed by atoms with Gasteiger partial charge in [-0.05, 0) is 56.7 Å². The van der Waals surface area contributed by atoms with Crippen molar-refractivity contribution in [2.75, 3.05) is 19.6 Å². The summed E-state index contributed by atoms with van der Waals surface area (Å²) in [4.78, 5) is 18.3. The van der Waals surface area contributed by atoms with Crippen LogP contribution in [0.2, 0.25) is 0 Å². The number of hydrogen-bond acceptors (Lipinski definition) is 5. The molecule has 0 N–H and O–H groups in total. The van der Waals surface area contributed by atoms with Crippen molar-refractivity contribution in [1.82, 2.24) is 19.4 Å². The van der Waals surface area contributed by atoms with Crippen LogP contribution in [-0.4, -0.2) is 57.0 Å². The zero-order valence-electron chi connectivity index (χ0n) is 12.9. The third kappa shape index (κ3) is 2.71. The minimum atomic E-state index is 0.160. The van der Waals surface area contributed by atoms with Crippen LogP contribution in [0.4, 0.5) is 0 Å². The van der Waals surface area contributed by atoms with Gasteiger partial charge in [0.2, 0.25) is 0 Å². The summed E-state index contributed by atoms with van der Waals surface area (Å²) in [5.74, 6) is 0.160. The van der Waals surface area contributed by atoms with Gasteiger partial charge in [-0.1, -0.05) is 18.3 Å². The molecule has 0 radical (unpaired) electrons. The van der Waals surface area contributed by atoms with Gasteiger partial charge in [0.15, 0.2) is 0 Å². The van der Waals surface area contributed by atoms with Crippen LogP contribution in [0.5, 0.6) is 0 Å². The van der Waals surface area contributed by atoms with Gasteiger partial charge >= 0.3 is 0 Å². The van der Waals surface area contributed by atoms with Crippen molar-refractivity contribution < 1.29 is 4.79 Å². The minimum absolute atomic E-state index is 0.160. The summed E-state index contributed by atoms with van der Waals surface area (Å²) < 4.78 is 3.97. The van der Waals surface area contributed by atoms with Crippen molar-refractivity contribution in [2.45, 2.75) is 58.0 Å². The van der Waals surface area contributed by atoms with E-state index in [0.29, 0.717) is 12.1 Å². The maximum Gasteiger partial charge on any atom is 0.267 e. The standard InChI is InChI=1S/C15H24N4OS/c1-3-11-14(21-17-16-11)15(20)19-10-6-8-13(19)12-7-5-9-18(12)4-2/h12-13H,3-10H2,1-2H3/t12-,13-/m1/s1. The molecule has 2 atom stereocenters. The Morgan fingerprint density at radius 2 is 2.00 bits per heavy atom. The molecule has 2 saturated heterocycles. The van der Waals surface area contributed by atoms with Crippen LogP contribution < -0.4 is 0 Å². The summed E-state index contributed by atoms with van der Waals surface area (Å²) in [7, 11) is 0. The van der Waals surface area contributed by atoms with Crippen LogP contribution in [0, 0.1) is 0 Å². The van der Waals surface area contributed by atoms with Crippen molar-refractivity contribution >= 4 is 17.4 Å². The van der Waals surface area contributed by atoms with E-state index in [-0.39, 0.29) is 5.91 Å². The number of nitrogens with zero attached hydrogens (tertiary/aromatic N) is 4. The van der Waals surface area contributed by atoms with Gasteiger partial charge in [0.1, 0.15) is 4.88 Å². The normalized spacial score (nSPS) is 26.7. The molecule has 2 aliphatic heterocycles. The third-order valence-electron chi connectivity index (χ3n) is 4.91. The molecular formula is C15H24N4OS. The second-order valence-corrected chi connectivity index (χ2v) is 6.70. The molecule has 0 spiro atoms. The largest absolute Gasteiger partial charge is 0.333 e. The van der Waals surface area contributed by atoms with E-state index in [2.05, 4.69) is 26.3 Å². The highest BCUT2D eigenvalue weighted by molar-refractivity contribution is 7.08. The number of hydrogen-bond donors (Lipinski definition) is 0. The quantitative estimate of drug-likeness (QED) is 0.855. The van der Waals surface area contributed by atoms with Crippen LogP contribution in [0.1, 0.15) is 54.9 Å². The number of amides is 1. The van der Waals surface area contributed by atoms with Crippen molar-refractivity contribution in [3.05, 3.63) is 10.6 Å². The van der Waals surface area contributed by atoms with Gasteiger partial charge in [0.25, 0.3) is 5.91 Å². The number of carbonyl (C=O) groups is 1. The number of aromatic nitrogens is 2. The highest BCUT2D eigenvalue weighted by Gasteiger charge is 2.40. The number of likely N-dealkylation sites (tertiary alicyclic amines) is 2. The van der Waals surface area contributed by atoms with E-state index in [1.54, 1.807) is 0 Å². The van der Waals surface area contributed by atoms with E-state index in [9.17, 15) is 4.79 Å². The first-order valence-corrected chi connectivity index (χ1v) is 8.89. The van der Waals surface area contributed by atoms with Crippen molar-refractivity contribution in [1.29, 1.82) is 0 Å². The second kappa shape index (κ2) is 6.40. The average Bonchev–Trinajstić information content (AvgIpc) is 3.23. The number of carbonyl (C=O) groups excluding carboxylic acids is 1. The molecule has 2 aliphatic rings. The number of aryl methyl sites for hydroxylation is 1. The first kappa shape index (κ1) is 14.9. The van der Waals surface area contributed by atoms with E-state index < -0.39 is 0 Å². The number of likely N-dealkylation sites (N-methyl/N-ethyl adjacent to an activating group) is 1. The molecule has 0 saturated carbocycles. The summed E-state index contributed by atoms with van der Waals surface area (Å²) in [6.07, 6.45) is 5.53. The summed E-state index contributed by atoms with van der Waals surface area (Å²) in [6, 6.07) is 0.930. The Morgan fingerprint density at radius 3 is 2.76 bits per heavy atom. The molecule has 1 aromatic rings. The third-order valence-corrected chi connectivity index (χ3v) is 5.67. The molecule has 21 heavy (non-hydrogen) atoms. The van der Waals surface area contributed by atoms with Gasteiger partial charge in [0.05, 0.1) is 5.69 Å². The van der Waals surface area contributed by atoms with Gasteiger partial charge in [-0.25, -0.2) is 0 Å². The lowest BCUT2D eigenvalue weighted by Crippen LogP contribution is -2.48. The van der Waals surface area contributed by atoms with E-state index in [1.807, 2.05) is 6.92 Å². The Morgan fingerprint density at radius 1 is 1.24 bits per heavy atom. The fourth-order valence-electron chi connectivity index (χ4n) is 3.86. The van der Waals surface area contributed by atoms with Gasteiger partial charge in [-0.3, -0.25) is 9.69 Å². The van der Waals surface area contributed by atoms with Crippen molar-refractivity contribution in [3.8, 4) is 0 Å². The predicted molar refractivity (Wildman–Crippen MR) is 83.6 cm³/mol. The summed E-state index contributed by atoms with van der Waals surface area (Å²) in [6.45, 7) is 7.42. The molecule has 0 unspecified atom stereocenters. The lowest BCUT2D eigenvalue weighted by molar-refractivity contribution is 0.0653. The Kier molecular flexibility index (Phi) is 4.54. The van der Waals surface area contributed by atoms with Gasteiger partial charge < -0.3 is 4.90 Å². The fraction of sp³-hybridized carbons (Fsp3) is 0.800. The first-order valence-electron chi connectivity index (χ1n) is 8.12. The maximum absolute atomic E-state index is 12.9. The smallest absolute Gasteiger partial charge is 0.267 e. The van der Waals surface area contributed by atoms with Crippen molar-refractivity contribution in [3.63, 3.8) is 0 Å². The van der Waals surface area contributed by atoms with Crippen LogP contribution in [0.15, 0.2) is 0 Å². The molecule has 2 fully saturated rings. The fourth-order valence-corrected chi connectivity index (χ4v) is 4.56. The lowest BCUT2D eigenvalue weighted by Gasteiger charge is -2.34. The molecule has 1 amide bonds. The Labute approximate surface area is 130 Å². The molecule has 116 valence electrons. The van der Waals surface area contributed by atoms with E-state index >= 15 is 0 Å². The van der Waals surface area contributed by atoms with Gasteiger partial charge in [-0.2, -0.15) is 0 Å². The van der Waals surface area contributed by atoms with Crippen LogP contribution in [-0.2, 0) is 6.42 Å². The zero-order valence-corrected chi connectivity index (χ0v) is 13.7. The number of rotatable bonds is 4. The van der Waals surface area contributed by atoms with Crippen LogP contribution in [0.25, 0.3) is 0 Å². The molecular weight excluding hydrogens is 284 g/mol. The second-order valence-electron chi connectivity index (χ2n) is 5.95. The topological polar surface area (TPSA) is 49.3 Å². The lowest BCUT2D eigenvalue weighted by atomic mass is 10.0. The predicted octanol–water partition coefficient (Wildman–Crippen LogP) is 2.19. The van der Waals surface area contributed by atoms with Crippen LogP contribution >= 0.6 is 11.5 Å². The molecule has 1 aromatic heterocycles. The molecule has 0 aromatic carbocycles. The first-order chi connectivity index (χ1) is 10.3. The van der Waals surface area contributed by atoms with E-state index in [0.717, 1.165) is 42.9 Å². The maximum atomic E-state index is 12.9. The average molecular weight is 308 g/mol. The van der Waals surface area contributed by atoms with E-state index in [1.165, 1.54) is 30.9 Å². The summed E-state index contributed by atoms with van der Waals surface area (Å²) >= 11 is 1.25. The highest BCUT2D eigenvalue weighted by atomic mass is 32.1. The molecule has 0 aliphatic carbocycles. The molecule has 3 rings (SSSR count). The SMILES string of the molecule is CCc1nnsc1C(=O)N1CCC[C@@H]1[C@H]1CCCN1CC. The molecule has 0 bridgehead atoms. The minimum Gasteiger partial charge on any atom is -0.333 e. The van der Waals surface area contributed by atoms with Gasteiger partial charge in [0, 0.05) is 18.6 Å². The van der Waals surface area contributed by atoms with Crippen molar-refractivity contribution in [2.24, 2.45) is 0 Å². The summed E-state index contributed by atoms with van der Waals surface area (Å²) in [5, 5.41) is 4.09. The summed E-state index contributed by atoms with van der Waals surface area (Å²) in [5.41, 5.74) is 0.856. The van der Waals surface area contributed by atoms with E-state index in [4.69, 9.17) is 0 Å². The monoisotopic (exact) mass is 308 g/mol. The Balaban J connectivity index is 1.79. The Bertz CT molecular complexity index is 504. The highest BCUT2D eigenvalue weighted by Crippen LogP contribution is 2.31. The molecule has 3 heterocycles.